The molecule has 1 aromatic heterocycles. The lowest BCUT2D eigenvalue weighted by Gasteiger charge is -1.97. The Morgan fingerprint density at radius 2 is 2.09 bits per heavy atom. The van der Waals surface area contributed by atoms with Crippen LogP contribution in [0.1, 0.15) is 17.4 Å². The van der Waals surface area contributed by atoms with Crippen molar-refractivity contribution in [1.29, 1.82) is 0 Å². The van der Waals surface area contributed by atoms with Crippen molar-refractivity contribution >= 4 is 29.0 Å². The molecule has 58 valence electrons. The topological polar surface area (TPSA) is 42.9 Å². The molecule has 0 saturated carbocycles. The predicted octanol–water partition coefficient (Wildman–Crippen LogP) is 1.99. The minimum Gasteiger partial charge on any atom is -0.293 e. The average Bonchev–Trinajstić information content (AvgIpc) is 1.94. The Morgan fingerprint density at radius 3 is 2.55 bits per heavy atom. The summed E-state index contributed by atoms with van der Waals surface area (Å²) in [6, 6.07) is 0. The van der Waals surface area contributed by atoms with Gasteiger partial charge in [-0.25, -0.2) is 9.97 Å². The number of Topliss-reactive ketones (excluding diaryl/α,β-unsaturated/α-hetero) is 1. The van der Waals surface area contributed by atoms with Gasteiger partial charge in [-0.3, -0.25) is 4.79 Å². The molecule has 11 heavy (non-hydrogen) atoms. The van der Waals surface area contributed by atoms with Crippen LogP contribution in [0.5, 0.6) is 0 Å². The third-order valence-corrected chi connectivity index (χ3v) is 1.82. The van der Waals surface area contributed by atoms with Crippen LogP contribution in [0.2, 0.25) is 10.2 Å². The number of nitrogens with zero attached hydrogens (tertiary/aromatic N) is 2. The van der Waals surface area contributed by atoms with Crippen molar-refractivity contribution in [2.45, 2.75) is 6.92 Å². The molecular formula is C6H4Cl2N2O. The molecule has 0 aliphatic carbocycles. The van der Waals surface area contributed by atoms with Crippen molar-refractivity contribution in [2.24, 2.45) is 0 Å². The van der Waals surface area contributed by atoms with E-state index in [1.165, 1.54) is 13.3 Å². The Morgan fingerprint density at radius 1 is 1.45 bits per heavy atom. The highest BCUT2D eigenvalue weighted by Gasteiger charge is 2.10. The third-order valence-electron chi connectivity index (χ3n) is 1.08. The summed E-state index contributed by atoms with van der Waals surface area (Å²) in [7, 11) is 0. The van der Waals surface area contributed by atoms with Crippen molar-refractivity contribution < 1.29 is 4.79 Å². The molecule has 0 fully saturated rings. The normalized spacial score (nSPS) is 9.73. The standard InChI is InChI=1S/C6H4Cl2N2O/c1-3(11)5-4(7)6(8)10-2-9-5/h2H,1H3. The van der Waals surface area contributed by atoms with Crippen LogP contribution in [0.15, 0.2) is 6.33 Å². The zero-order valence-electron chi connectivity index (χ0n) is 5.64. The van der Waals surface area contributed by atoms with Crippen LogP contribution in [-0.4, -0.2) is 15.8 Å². The van der Waals surface area contributed by atoms with Crippen molar-refractivity contribution in [2.75, 3.05) is 0 Å². The maximum Gasteiger partial charge on any atom is 0.179 e. The Bertz CT molecular complexity index is 301. The number of ketones is 1. The van der Waals surface area contributed by atoms with Crippen LogP contribution in [0.3, 0.4) is 0 Å². The Balaban J connectivity index is 3.27. The zero-order valence-corrected chi connectivity index (χ0v) is 7.15. The summed E-state index contributed by atoms with van der Waals surface area (Å²) in [6.07, 6.45) is 1.20. The Kier molecular flexibility index (Phi) is 2.42. The fourth-order valence-corrected chi connectivity index (χ4v) is 0.958. The summed E-state index contributed by atoms with van der Waals surface area (Å²) < 4.78 is 0. The minimum atomic E-state index is -0.223. The fourth-order valence-electron chi connectivity index (χ4n) is 0.594. The van der Waals surface area contributed by atoms with Gasteiger partial charge in [-0.15, -0.1) is 0 Å². The molecule has 1 rings (SSSR count). The molecule has 0 unspecified atom stereocenters. The summed E-state index contributed by atoms with van der Waals surface area (Å²) in [4.78, 5) is 18.0. The molecule has 0 atom stereocenters. The van der Waals surface area contributed by atoms with Crippen molar-refractivity contribution in [3.63, 3.8) is 0 Å². The van der Waals surface area contributed by atoms with Gasteiger partial charge in [-0.1, -0.05) is 23.2 Å². The smallest absolute Gasteiger partial charge is 0.179 e. The van der Waals surface area contributed by atoms with Gasteiger partial charge in [-0.2, -0.15) is 0 Å². The molecule has 0 bridgehead atoms. The molecule has 0 saturated heterocycles. The Hall–Kier alpha value is -0.670. The van der Waals surface area contributed by atoms with Gasteiger partial charge in [0.05, 0.1) is 0 Å². The van der Waals surface area contributed by atoms with E-state index in [0.29, 0.717) is 0 Å². The second-order valence-corrected chi connectivity index (χ2v) is 2.62. The summed E-state index contributed by atoms with van der Waals surface area (Å²) in [5, 5.41) is 0.216. The summed E-state index contributed by atoms with van der Waals surface area (Å²) in [6.45, 7) is 1.37. The number of aromatic nitrogens is 2. The van der Waals surface area contributed by atoms with E-state index < -0.39 is 0 Å². The molecule has 0 N–H and O–H groups in total. The first-order valence-electron chi connectivity index (χ1n) is 2.80. The lowest BCUT2D eigenvalue weighted by molar-refractivity contribution is 0.101. The first-order valence-corrected chi connectivity index (χ1v) is 3.55. The van der Waals surface area contributed by atoms with Crippen molar-refractivity contribution in [3.8, 4) is 0 Å². The molecule has 1 aromatic rings. The van der Waals surface area contributed by atoms with Gasteiger partial charge in [0, 0.05) is 6.92 Å². The second kappa shape index (κ2) is 3.15. The molecule has 0 aromatic carbocycles. The van der Waals surface area contributed by atoms with Gasteiger partial charge >= 0.3 is 0 Å². The molecule has 1 heterocycles. The number of hydrogen-bond acceptors (Lipinski definition) is 3. The average molecular weight is 191 g/mol. The van der Waals surface area contributed by atoms with E-state index in [4.69, 9.17) is 23.2 Å². The predicted molar refractivity (Wildman–Crippen MR) is 42.1 cm³/mol. The monoisotopic (exact) mass is 190 g/mol. The number of rotatable bonds is 1. The van der Waals surface area contributed by atoms with Crippen LogP contribution in [0.25, 0.3) is 0 Å². The molecule has 5 heteroatoms. The fraction of sp³-hybridized carbons (Fsp3) is 0.167. The van der Waals surface area contributed by atoms with Gasteiger partial charge in [0.2, 0.25) is 0 Å². The van der Waals surface area contributed by atoms with E-state index in [0.717, 1.165) is 0 Å². The second-order valence-electron chi connectivity index (χ2n) is 1.88. The molecule has 3 nitrogen and oxygen atoms in total. The van der Waals surface area contributed by atoms with E-state index in [9.17, 15) is 4.79 Å². The first kappa shape index (κ1) is 8.43. The molecule has 0 radical (unpaired) electrons. The molecule has 0 aliphatic heterocycles. The van der Waals surface area contributed by atoms with E-state index in [1.54, 1.807) is 0 Å². The zero-order chi connectivity index (χ0) is 8.43. The minimum absolute atomic E-state index is 0.104. The van der Waals surface area contributed by atoms with Crippen LogP contribution in [0, 0.1) is 0 Å². The van der Waals surface area contributed by atoms with Crippen LogP contribution < -0.4 is 0 Å². The summed E-state index contributed by atoms with van der Waals surface area (Å²) in [5.74, 6) is -0.223. The molecular weight excluding hydrogens is 187 g/mol. The van der Waals surface area contributed by atoms with E-state index >= 15 is 0 Å². The molecule has 0 aliphatic rings. The van der Waals surface area contributed by atoms with E-state index in [1.807, 2.05) is 0 Å². The maximum atomic E-state index is 10.8. The highest BCUT2D eigenvalue weighted by atomic mass is 35.5. The quantitative estimate of drug-likeness (QED) is 0.503. The maximum absolute atomic E-state index is 10.8. The van der Waals surface area contributed by atoms with E-state index in [2.05, 4.69) is 9.97 Å². The highest BCUT2D eigenvalue weighted by Crippen LogP contribution is 2.21. The lowest BCUT2D eigenvalue weighted by atomic mass is 10.3. The van der Waals surface area contributed by atoms with Crippen LogP contribution >= 0.6 is 23.2 Å². The number of halogens is 2. The SMILES string of the molecule is CC(=O)c1ncnc(Cl)c1Cl. The van der Waals surface area contributed by atoms with Gasteiger partial charge in [-0.05, 0) is 0 Å². The first-order chi connectivity index (χ1) is 5.13. The van der Waals surface area contributed by atoms with Crippen LogP contribution in [-0.2, 0) is 0 Å². The largest absolute Gasteiger partial charge is 0.293 e. The van der Waals surface area contributed by atoms with Gasteiger partial charge < -0.3 is 0 Å². The van der Waals surface area contributed by atoms with Gasteiger partial charge in [0.15, 0.2) is 10.9 Å². The van der Waals surface area contributed by atoms with Crippen molar-refractivity contribution in [1.82, 2.24) is 9.97 Å². The lowest BCUT2D eigenvalue weighted by Crippen LogP contribution is -1.98. The highest BCUT2D eigenvalue weighted by molar-refractivity contribution is 6.42. The number of carbonyl (C=O) groups is 1. The van der Waals surface area contributed by atoms with Crippen molar-refractivity contribution in [3.05, 3.63) is 22.2 Å². The molecule has 0 amide bonds. The number of hydrogen-bond donors (Lipinski definition) is 0. The Labute approximate surface area is 73.4 Å². The summed E-state index contributed by atoms with van der Waals surface area (Å²) in [5.41, 5.74) is 0.159. The van der Waals surface area contributed by atoms with Crippen LogP contribution in [0.4, 0.5) is 0 Å². The summed E-state index contributed by atoms with van der Waals surface area (Å²) >= 11 is 11.1. The van der Waals surface area contributed by atoms with Gasteiger partial charge in [0.1, 0.15) is 17.0 Å². The van der Waals surface area contributed by atoms with Gasteiger partial charge in [0.25, 0.3) is 0 Å². The van der Waals surface area contributed by atoms with E-state index in [-0.39, 0.29) is 21.7 Å². The molecule has 0 spiro atoms. The third kappa shape index (κ3) is 1.67. The number of carbonyl (C=O) groups excluding carboxylic acids is 1.